The summed E-state index contributed by atoms with van der Waals surface area (Å²) in [7, 11) is -3.24. The van der Waals surface area contributed by atoms with Crippen molar-refractivity contribution in [3.63, 3.8) is 0 Å². The SMILES string of the molecule is CC(C(N)=O)S(=O)(=O)C1CC1. The van der Waals surface area contributed by atoms with E-state index in [-0.39, 0.29) is 5.25 Å². The number of primary amides is 1. The maximum Gasteiger partial charge on any atom is 0.235 e. The Morgan fingerprint density at radius 2 is 2.00 bits per heavy atom. The lowest BCUT2D eigenvalue weighted by atomic mass is 10.5. The Hall–Kier alpha value is -0.580. The molecule has 4 nitrogen and oxygen atoms in total. The molecular formula is C6H11NO3S. The predicted molar refractivity (Wildman–Crippen MR) is 40.6 cm³/mol. The fourth-order valence-corrected chi connectivity index (χ4v) is 2.54. The van der Waals surface area contributed by atoms with E-state index >= 15 is 0 Å². The van der Waals surface area contributed by atoms with Crippen LogP contribution in [0.25, 0.3) is 0 Å². The number of amides is 1. The third-order valence-electron chi connectivity index (χ3n) is 1.88. The number of rotatable bonds is 3. The van der Waals surface area contributed by atoms with Crippen LogP contribution in [0.2, 0.25) is 0 Å². The first kappa shape index (κ1) is 8.52. The normalized spacial score (nSPS) is 21.2. The van der Waals surface area contributed by atoms with Crippen LogP contribution >= 0.6 is 0 Å². The molecule has 0 aromatic rings. The van der Waals surface area contributed by atoms with Crippen molar-refractivity contribution < 1.29 is 13.2 Å². The maximum atomic E-state index is 11.2. The summed E-state index contributed by atoms with van der Waals surface area (Å²) >= 11 is 0. The van der Waals surface area contributed by atoms with E-state index in [2.05, 4.69) is 0 Å². The largest absolute Gasteiger partial charge is 0.369 e. The van der Waals surface area contributed by atoms with Gasteiger partial charge >= 0.3 is 0 Å². The van der Waals surface area contributed by atoms with Crippen LogP contribution in [0.5, 0.6) is 0 Å². The number of hydrogen-bond donors (Lipinski definition) is 1. The van der Waals surface area contributed by atoms with Crippen LogP contribution in [-0.4, -0.2) is 24.8 Å². The summed E-state index contributed by atoms with van der Waals surface area (Å²) in [5.74, 6) is -0.753. The van der Waals surface area contributed by atoms with Crippen molar-refractivity contribution >= 4 is 15.7 Å². The van der Waals surface area contributed by atoms with Gasteiger partial charge in [-0.2, -0.15) is 0 Å². The Morgan fingerprint density at radius 1 is 1.55 bits per heavy atom. The highest BCUT2D eigenvalue weighted by Gasteiger charge is 2.41. The van der Waals surface area contributed by atoms with Crippen LogP contribution in [0.3, 0.4) is 0 Å². The van der Waals surface area contributed by atoms with Gasteiger partial charge in [0.2, 0.25) is 5.91 Å². The maximum absolute atomic E-state index is 11.2. The minimum Gasteiger partial charge on any atom is -0.369 e. The van der Waals surface area contributed by atoms with E-state index < -0.39 is 21.0 Å². The molecule has 1 saturated carbocycles. The lowest BCUT2D eigenvalue weighted by Crippen LogP contribution is -2.35. The van der Waals surface area contributed by atoms with Crippen molar-refractivity contribution in [2.75, 3.05) is 0 Å². The van der Waals surface area contributed by atoms with Crippen LogP contribution in [-0.2, 0) is 14.6 Å². The summed E-state index contributed by atoms with van der Waals surface area (Å²) in [5.41, 5.74) is 4.87. The van der Waals surface area contributed by atoms with Gasteiger partial charge in [0.1, 0.15) is 5.25 Å². The quantitative estimate of drug-likeness (QED) is 0.627. The molecule has 1 unspecified atom stereocenters. The number of carbonyl (C=O) groups excluding carboxylic acids is 1. The van der Waals surface area contributed by atoms with Gasteiger partial charge in [0, 0.05) is 0 Å². The van der Waals surface area contributed by atoms with E-state index in [1.165, 1.54) is 6.92 Å². The molecule has 0 aromatic carbocycles. The molecule has 0 heterocycles. The second-order valence-corrected chi connectivity index (χ2v) is 5.38. The van der Waals surface area contributed by atoms with E-state index in [1.807, 2.05) is 0 Å². The van der Waals surface area contributed by atoms with Crippen molar-refractivity contribution in [3.8, 4) is 0 Å². The van der Waals surface area contributed by atoms with E-state index in [4.69, 9.17) is 5.73 Å². The summed E-state index contributed by atoms with van der Waals surface area (Å²) in [6.07, 6.45) is 1.36. The topological polar surface area (TPSA) is 77.2 Å². The van der Waals surface area contributed by atoms with Crippen LogP contribution in [0, 0.1) is 0 Å². The first-order valence-corrected chi connectivity index (χ1v) is 5.09. The average Bonchev–Trinajstić information content (AvgIpc) is 2.66. The van der Waals surface area contributed by atoms with Crippen molar-refractivity contribution in [1.82, 2.24) is 0 Å². The second kappa shape index (κ2) is 2.48. The fourth-order valence-electron chi connectivity index (χ4n) is 0.847. The minimum atomic E-state index is -3.24. The highest BCUT2D eigenvalue weighted by atomic mass is 32.2. The Kier molecular flexibility index (Phi) is 1.92. The standard InChI is InChI=1S/C6H11NO3S/c1-4(6(7)8)11(9,10)5-2-3-5/h4-5H,2-3H2,1H3,(H2,7,8). The Balaban J connectivity index is 2.79. The molecule has 1 rings (SSSR count). The molecule has 1 amide bonds. The van der Waals surface area contributed by atoms with Crippen molar-refractivity contribution in [2.45, 2.75) is 30.3 Å². The lowest BCUT2D eigenvalue weighted by Gasteiger charge is -2.06. The van der Waals surface area contributed by atoms with Gasteiger partial charge in [0.25, 0.3) is 0 Å². The van der Waals surface area contributed by atoms with Gasteiger partial charge in [0.05, 0.1) is 5.25 Å². The van der Waals surface area contributed by atoms with Crippen molar-refractivity contribution in [2.24, 2.45) is 5.73 Å². The van der Waals surface area contributed by atoms with E-state index in [0.717, 1.165) is 0 Å². The van der Waals surface area contributed by atoms with Crippen LogP contribution in [0.1, 0.15) is 19.8 Å². The molecule has 64 valence electrons. The van der Waals surface area contributed by atoms with Crippen LogP contribution < -0.4 is 5.73 Å². The van der Waals surface area contributed by atoms with Gasteiger partial charge < -0.3 is 5.73 Å². The highest BCUT2D eigenvalue weighted by molar-refractivity contribution is 7.93. The van der Waals surface area contributed by atoms with Gasteiger partial charge in [-0.05, 0) is 19.8 Å². The Morgan fingerprint density at radius 3 is 2.27 bits per heavy atom. The summed E-state index contributed by atoms with van der Waals surface area (Å²) in [4.78, 5) is 10.5. The zero-order valence-electron chi connectivity index (χ0n) is 6.28. The number of sulfone groups is 1. The molecule has 2 N–H and O–H groups in total. The second-order valence-electron chi connectivity index (χ2n) is 2.83. The van der Waals surface area contributed by atoms with Gasteiger partial charge in [-0.25, -0.2) is 8.42 Å². The summed E-state index contributed by atoms with van der Waals surface area (Å²) < 4.78 is 22.5. The molecule has 1 aliphatic carbocycles. The first-order valence-electron chi connectivity index (χ1n) is 3.48. The Labute approximate surface area is 65.7 Å². The molecule has 0 aromatic heterocycles. The number of carbonyl (C=O) groups is 1. The molecule has 0 aliphatic heterocycles. The monoisotopic (exact) mass is 177 g/mol. The molecule has 0 bridgehead atoms. The first-order chi connectivity index (χ1) is 4.96. The van der Waals surface area contributed by atoms with Gasteiger partial charge in [-0.1, -0.05) is 0 Å². The zero-order chi connectivity index (χ0) is 8.65. The smallest absolute Gasteiger partial charge is 0.235 e. The van der Waals surface area contributed by atoms with E-state index in [9.17, 15) is 13.2 Å². The van der Waals surface area contributed by atoms with Crippen LogP contribution in [0.15, 0.2) is 0 Å². The number of hydrogen-bond acceptors (Lipinski definition) is 3. The average molecular weight is 177 g/mol. The summed E-state index contributed by atoms with van der Waals surface area (Å²) in [6, 6.07) is 0. The molecule has 11 heavy (non-hydrogen) atoms. The highest BCUT2D eigenvalue weighted by Crippen LogP contribution is 2.31. The van der Waals surface area contributed by atoms with Gasteiger partial charge in [-0.15, -0.1) is 0 Å². The third kappa shape index (κ3) is 1.53. The van der Waals surface area contributed by atoms with Gasteiger partial charge in [-0.3, -0.25) is 4.79 Å². The Bertz CT molecular complexity index is 266. The molecule has 1 aliphatic rings. The molecule has 0 radical (unpaired) electrons. The van der Waals surface area contributed by atoms with E-state index in [0.29, 0.717) is 12.8 Å². The predicted octanol–water partition coefficient (Wildman–Crippen LogP) is -0.563. The molecule has 5 heteroatoms. The van der Waals surface area contributed by atoms with Gasteiger partial charge in [0.15, 0.2) is 9.84 Å². The minimum absolute atomic E-state index is 0.301. The van der Waals surface area contributed by atoms with Crippen molar-refractivity contribution in [3.05, 3.63) is 0 Å². The molecule has 1 fully saturated rings. The van der Waals surface area contributed by atoms with Crippen LogP contribution in [0.4, 0.5) is 0 Å². The molecule has 0 saturated heterocycles. The molecule has 0 spiro atoms. The third-order valence-corrected chi connectivity index (χ3v) is 4.50. The zero-order valence-corrected chi connectivity index (χ0v) is 7.10. The lowest BCUT2D eigenvalue weighted by molar-refractivity contribution is -0.117. The van der Waals surface area contributed by atoms with Crippen molar-refractivity contribution in [1.29, 1.82) is 0 Å². The molecule has 1 atom stereocenters. The van der Waals surface area contributed by atoms with E-state index in [1.54, 1.807) is 0 Å². The number of nitrogens with two attached hydrogens (primary N) is 1. The summed E-state index contributed by atoms with van der Waals surface area (Å²) in [5, 5.41) is -1.32. The molecular weight excluding hydrogens is 166 g/mol. The fraction of sp³-hybridized carbons (Fsp3) is 0.833. The summed E-state index contributed by atoms with van der Waals surface area (Å²) in [6.45, 7) is 1.34.